The molecular formula is C25H33N5O. The minimum atomic E-state index is -0.397. The van der Waals surface area contributed by atoms with Gasteiger partial charge in [0.15, 0.2) is 0 Å². The summed E-state index contributed by atoms with van der Waals surface area (Å²) in [6.45, 7) is 4.74. The maximum absolute atomic E-state index is 11.2. The molecule has 0 atom stereocenters. The topological polar surface area (TPSA) is 75.4 Å². The molecule has 1 aromatic carbocycles. The number of hydrogen-bond donors (Lipinski definition) is 1. The van der Waals surface area contributed by atoms with Gasteiger partial charge in [-0.3, -0.25) is 4.79 Å². The molecule has 2 N–H and O–H groups in total. The Morgan fingerprint density at radius 2 is 1.55 bits per heavy atom. The number of primary amides is 1. The Balaban J connectivity index is 1.13. The van der Waals surface area contributed by atoms with Gasteiger partial charge < -0.3 is 15.5 Å². The molecule has 1 aliphatic carbocycles. The second-order valence-electron chi connectivity index (χ2n) is 9.74. The first-order chi connectivity index (χ1) is 15.1. The predicted octanol–water partition coefficient (Wildman–Crippen LogP) is 3.40. The number of carbonyl (C=O) groups is 1. The summed E-state index contributed by atoms with van der Waals surface area (Å²) >= 11 is 0. The molecule has 2 saturated heterocycles. The third-order valence-corrected chi connectivity index (χ3v) is 7.90. The summed E-state index contributed by atoms with van der Waals surface area (Å²) in [7, 11) is 0. The minimum absolute atomic E-state index is 0.397. The minimum Gasteiger partial charge on any atom is -0.366 e. The highest BCUT2D eigenvalue weighted by Crippen LogP contribution is 2.43. The average molecular weight is 420 g/mol. The lowest BCUT2D eigenvalue weighted by Gasteiger charge is -2.49. The van der Waals surface area contributed by atoms with Crippen LogP contribution in [0.5, 0.6) is 0 Å². The van der Waals surface area contributed by atoms with E-state index in [4.69, 9.17) is 5.73 Å². The lowest BCUT2D eigenvalue weighted by Crippen LogP contribution is -2.51. The molecule has 0 bridgehead atoms. The van der Waals surface area contributed by atoms with Crippen LogP contribution in [0.25, 0.3) is 0 Å². The summed E-state index contributed by atoms with van der Waals surface area (Å²) in [6, 6.07) is 8.31. The molecule has 3 heterocycles. The van der Waals surface area contributed by atoms with E-state index < -0.39 is 5.91 Å². The van der Waals surface area contributed by atoms with Crippen molar-refractivity contribution in [2.45, 2.75) is 57.4 Å². The second kappa shape index (κ2) is 8.58. The number of amides is 1. The Morgan fingerprint density at radius 3 is 2.10 bits per heavy atom. The summed E-state index contributed by atoms with van der Waals surface area (Å²) in [6.07, 6.45) is 14.2. The van der Waals surface area contributed by atoms with E-state index in [1.165, 1.54) is 58.0 Å². The molecule has 0 unspecified atom stereocenters. The zero-order valence-corrected chi connectivity index (χ0v) is 18.3. The molecule has 3 fully saturated rings. The highest BCUT2D eigenvalue weighted by atomic mass is 16.1. The van der Waals surface area contributed by atoms with Gasteiger partial charge in [-0.1, -0.05) is 18.6 Å². The van der Waals surface area contributed by atoms with E-state index in [1.54, 1.807) is 12.1 Å². The molecule has 1 aromatic heterocycles. The fraction of sp³-hybridized carbons (Fsp3) is 0.560. The molecule has 5 rings (SSSR count). The van der Waals surface area contributed by atoms with Crippen LogP contribution >= 0.6 is 0 Å². The van der Waals surface area contributed by atoms with E-state index in [0.29, 0.717) is 11.0 Å². The predicted molar refractivity (Wildman–Crippen MR) is 122 cm³/mol. The number of benzene rings is 1. The molecule has 0 radical (unpaired) electrons. The maximum Gasteiger partial charge on any atom is 0.248 e. The van der Waals surface area contributed by atoms with E-state index in [-0.39, 0.29) is 0 Å². The smallest absolute Gasteiger partial charge is 0.248 e. The lowest BCUT2D eigenvalue weighted by molar-refractivity contribution is 0.0304. The van der Waals surface area contributed by atoms with E-state index in [0.717, 1.165) is 42.6 Å². The monoisotopic (exact) mass is 419 g/mol. The van der Waals surface area contributed by atoms with Crippen molar-refractivity contribution in [3.05, 3.63) is 53.3 Å². The Labute approximate surface area is 184 Å². The Kier molecular flexibility index (Phi) is 5.65. The van der Waals surface area contributed by atoms with Gasteiger partial charge in [0.25, 0.3) is 0 Å². The largest absolute Gasteiger partial charge is 0.366 e. The molecule has 6 nitrogen and oxygen atoms in total. The fourth-order valence-corrected chi connectivity index (χ4v) is 5.42. The molecule has 2 aromatic rings. The molecular weight excluding hydrogens is 386 g/mol. The maximum atomic E-state index is 11.2. The average Bonchev–Trinajstić information content (AvgIpc) is 2.76. The van der Waals surface area contributed by atoms with Crippen molar-refractivity contribution >= 4 is 11.9 Å². The quantitative estimate of drug-likeness (QED) is 0.804. The normalized spacial score (nSPS) is 21.7. The van der Waals surface area contributed by atoms with Gasteiger partial charge in [-0.05, 0) is 80.3 Å². The number of aromatic nitrogens is 2. The number of rotatable bonds is 5. The summed E-state index contributed by atoms with van der Waals surface area (Å²) in [5, 5.41) is 0. The van der Waals surface area contributed by atoms with Gasteiger partial charge in [-0.25, -0.2) is 9.97 Å². The van der Waals surface area contributed by atoms with Crippen LogP contribution in [0.2, 0.25) is 0 Å². The van der Waals surface area contributed by atoms with E-state index in [9.17, 15) is 4.79 Å². The van der Waals surface area contributed by atoms with Crippen molar-refractivity contribution in [1.82, 2.24) is 14.9 Å². The highest BCUT2D eigenvalue weighted by molar-refractivity contribution is 5.92. The van der Waals surface area contributed by atoms with Gasteiger partial charge in [0, 0.05) is 43.5 Å². The van der Waals surface area contributed by atoms with Crippen LogP contribution < -0.4 is 10.6 Å². The van der Waals surface area contributed by atoms with E-state index >= 15 is 0 Å². The van der Waals surface area contributed by atoms with Crippen molar-refractivity contribution in [3.63, 3.8) is 0 Å². The van der Waals surface area contributed by atoms with Crippen LogP contribution in [0, 0.1) is 5.41 Å². The summed E-state index contributed by atoms with van der Waals surface area (Å²) < 4.78 is 0. The number of anilines is 1. The van der Waals surface area contributed by atoms with Gasteiger partial charge in [0.1, 0.15) is 0 Å². The molecule has 1 amide bonds. The number of hydrogen-bond acceptors (Lipinski definition) is 5. The molecule has 6 heteroatoms. The number of nitrogens with zero attached hydrogens (tertiary/aromatic N) is 4. The Bertz CT molecular complexity index is 889. The first-order valence-corrected chi connectivity index (χ1v) is 11.8. The molecule has 164 valence electrons. The third kappa shape index (κ3) is 4.45. The van der Waals surface area contributed by atoms with Crippen LogP contribution in [-0.4, -0.2) is 53.0 Å². The molecule has 2 aliphatic heterocycles. The molecule has 31 heavy (non-hydrogen) atoms. The number of piperidine rings is 2. The van der Waals surface area contributed by atoms with Crippen molar-refractivity contribution in [2.24, 2.45) is 11.1 Å². The first-order valence-electron chi connectivity index (χ1n) is 11.8. The standard InChI is InChI=1S/C25H33N5O/c26-23(31)21-6-4-19(5-7-21)16-20-17-27-24(28-18-20)30-14-10-25(11-15-30)8-12-29(13-9-25)22-2-1-3-22/h4-7,17-18,22H,1-3,8-16H2,(H2,26,31). The number of likely N-dealkylation sites (tertiary alicyclic amines) is 1. The summed E-state index contributed by atoms with van der Waals surface area (Å²) in [5.74, 6) is 0.459. The first kappa shape index (κ1) is 20.4. The summed E-state index contributed by atoms with van der Waals surface area (Å²) in [5.41, 5.74) is 8.59. The lowest BCUT2D eigenvalue weighted by atomic mass is 9.70. The van der Waals surface area contributed by atoms with E-state index in [1.807, 2.05) is 24.5 Å². The highest BCUT2D eigenvalue weighted by Gasteiger charge is 2.40. The van der Waals surface area contributed by atoms with Crippen molar-refractivity contribution in [1.29, 1.82) is 0 Å². The van der Waals surface area contributed by atoms with Crippen LogP contribution in [0.4, 0.5) is 5.95 Å². The van der Waals surface area contributed by atoms with Gasteiger partial charge in [0.05, 0.1) is 0 Å². The Hall–Kier alpha value is -2.47. The van der Waals surface area contributed by atoms with Gasteiger partial charge in [0.2, 0.25) is 11.9 Å². The van der Waals surface area contributed by atoms with Gasteiger partial charge >= 0.3 is 0 Å². The van der Waals surface area contributed by atoms with Crippen molar-refractivity contribution in [3.8, 4) is 0 Å². The number of carbonyl (C=O) groups excluding carboxylic acids is 1. The summed E-state index contributed by atoms with van der Waals surface area (Å²) in [4.78, 5) is 25.6. The zero-order valence-electron chi connectivity index (χ0n) is 18.3. The van der Waals surface area contributed by atoms with E-state index in [2.05, 4.69) is 19.8 Å². The van der Waals surface area contributed by atoms with Crippen LogP contribution in [0.15, 0.2) is 36.7 Å². The third-order valence-electron chi connectivity index (χ3n) is 7.90. The van der Waals surface area contributed by atoms with Crippen LogP contribution in [0.3, 0.4) is 0 Å². The van der Waals surface area contributed by atoms with Gasteiger partial charge in [-0.2, -0.15) is 0 Å². The number of nitrogens with two attached hydrogens (primary N) is 1. The van der Waals surface area contributed by atoms with Crippen LogP contribution in [-0.2, 0) is 6.42 Å². The van der Waals surface area contributed by atoms with Gasteiger partial charge in [-0.15, -0.1) is 0 Å². The molecule has 1 spiro atoms. The molecule has 1 saturated carbocycles. The molecule has 3 aliphatic rings. The zero-order chi connectivity index (χ0) is 21.3. The van der Waals surface area contributed by atoms with Crippen molar-refractivity contribution < 1.29 is 4.79 Å². The second-order valence-corrected chi connectivity index (χ2v) is 9.74. The SMILES string of the molecule is NC(=O)c1ccc(Cc2cnc(N3CCC4(CC3)CCN(C3CCC3)CC4)nc2)cc1. The van der Waals surface area contributed by atoms with Crippen molar-refractivity contribution in [2.75, 3.05) is 31.1 Å². The fourth-order valence-electron chi connectivity index (χ4n) is 5.42. The Morgan fingerprint density at radius 1 is 0.935 bits per heavy atom. The van der Waals surface area contributed by atoms with Crippen LogP contribution in [0.1, 0.15) is 66.4 Å².